The normalized spacial score (nSPS) is 10.5. The molecule has 1 aromatic carbocycles. The van der Waals surface area contributed by atoms with Crippen LogP contribution in [0.2, 0.25) is 5.02 Å². The molecule has 1 N–H and O–H groups in total. The third kappa shape index (κ3) is 3.06. The van der Waals surface area contributed by atoms with Crippen LogP contribution in [0.15, 0.2) is 30.6 Å². The first-order valence-corrected chi connectivity index (χ1v) is 6.06. The molecule has 1 heterocycles. The maximum absolute atomic E-state index is 11.2. The number of nitrogens with zero attached hydrogens (tertiary/aromatic N) is 3. The number of rotatable bonds is 4. The van der Waals surface area contributed by atoms with Crippen LogP contribution in [0.25, 0.3) is 0 Å². The van der Waals surface area contributed by atoms with Crippen LogP contribution in [-0.2, 0) is 13.6 Å². The average molecular weight is 280 g/mol. The van der Waals surface area contributed by atoms with Gasteiger partial charge < -0.3 is 10.0 Å². The molecule has 0 saturated heterocycles. The Morgan fingerprint density at radius 3 is 2.84 bits per heavy atom. The van der Waals surface area contributed by atoms with Gasteiger partial charge in [0.15, 0.2) is 0 Å². The van der Waals surface area contributed by atoms with E-state index < -0.39 is 5.97 Å². The van der Waals surface area contributed by atoms with Crippen LogP contribution in [0.1, 0.15) is 15.9 Å². The minimum Gasteiger partial charge on any atom is -0.478 e. The number of carboxylic acids is 1. The molecule has 2 rings (SSSR count). The first-order chi connectivity index (χ1) is 8.97. The van der Waals surface area contributed by atoms with Crippen molar-refractivity contribution in [3.8, 4) is 0 Å². The zero-order valence-electron chi connectivity index (χ0n) is 10.7. The van der Waals surface area contributed by atoms with Crippen LogP contribution in [0.4, 0.5) is 5.69 Å². The van der Waals surface area contributed by atoms with Crippen molar-refractivity contribution in [3.63, 3.8) is 0 Å². The number of anilines is 1. The van der Waals surface area contributed by atoms with Crippen LogP contribution in [0.3, 0.4) is 0 Å². The summed E-state index contributed by atoms with van der Waals surface area (Å²) >= 11 is 5.94. The van der Waals surface area contributed by atoms with Crippen molar-refractivity contribution >= 4 is 23.3 Å². The second-order valence-electron chi connectivity index (χ2n) is 4.34. The number of benzene rings is 1. The summed E-state index contributed by atoms with van der Waals surface area (Å²) in [5.41, 5.74) is 1.82. The van der Waals surface area contributed by atoms with E-state index >= 15 is 0 Å². The minimum absolute atomic E-state index is 0.232. The van der Waals surface area contributed by atoms with Gasteiger partial charge in [0.05, 0.1) is 17.4 Å². The summed E-state index contributed by atoms with van der Waals surface area (Å²) in [6.07, 6.45) is 3.64. The molecule has 0 aliphatic heterocycles. The van der Waals surface area contributed by atoms with Crippen LogP contribution < -0.4 is 4.90 Å². The third-order valence-electron chi connectivity index (χ3n) is 2.78. The quantitative estimate of drug-likeness (QED) is 0.934. The Morgan fingerprint density at radius 2 is 2.26 bits per heavy atom. The molecule has 0 saturated carbocycles. The number of hydrogen-bond donors (Lipinski definition) is 1. The van der Waals surface area contributed by atoms with E-state index in [9.17, 15) is 9.90 Å². The van der Waals surface area contributed by atoms with Crippen molar-refractivity contribution < 1.29 is 9.90 Å². The fourth-order valence-corrected chi connectivity index (χ4v) is 2.08. The molecule has 0 aliphatic carbocycles. The molecule has 0 amide bonds. The van der Waals surface area contributed by atoms with Gasteiger partial charge in [-0.2, -0.15) is 5.10 Å². The lowest BCUT2D eigenvalue weighted by Gasteiger charge is -2.20. The fraction of sp³-hybridized carbons (Fsp3) is 0.231. The van der Waals surface area contributed by atoms with E-state index in [1.54, 1.807) is 23.0 Å². The van der Waals surface area contributed by atoms with E-state index in [1.165, 1.54) is 6.07 Å². The van der Waals surface area contributed by atoms with E-state index in [0.29, 0.717) is 17.3 Å². The van der Waals surface area contributed by atoms with Crippen molar-refractivity contribution in [2.24, 2.45) is 7.05 Å². The number of carboxylic acid groups (broad SMARTS) is 1. The van der Waals surface area contributed by atoms with E-state index in [1.807, 2.05) is 25.2 Å². The number of aromatic carboxylic acids is 1. The molecule has 0 unspecified atom stereocenters. The fourth-order valence-electron chi connectivity index (χ4n) is 1.91. The molecule has 0 atom stereocenters. The third-order valence-corrected chi connectivity index (χ3v) is 3.01. The first-order valence-electron chi connectivity index (χ1n) is 5.69. The van der Waals surface area contributed by atoms with Crippen LogP contribution in [-0.4, -0.2) is 27.9 Å². The molecule has 0 aliphatic rings. The largest absolute Gasteiger partial charge is 0.478 e. The molecule has 0 radical (unpaired) electrons. The molecule has 0 bridgehead atoms. The van der Waals surface area contributed by atoms with E-state index in [2.05, 4.69) is 5.10 Å². The maximum Gasteiger partial charge on any atom is 0.337 e. The summed E-state index contributed by atoms with van der Waals surface area (Å²) in [6.45, 7) is 0.564. The second kappa shape index (κ2) is 5.32. The Balaban J connectivity index is 2.29. The van der Waals surface area contributed by atoms with E-state index in [4.69, 9.17) is 11.6 Å². The van der Waals surface area contributed by atoms with Gasteiger partial charge in [0.25, 0.3) is 0 Å². The van der Waals surface area contributed by atoms with Crippen molar-refractivity contribution in [2.45, 2.75) is 6.54 Å². The summed E-state index contributed by atoms with van der Waals surface area (Å²) in [7, 11) is 3.66. The summed E-state index contributed by atoms with van der Waals surface area (Å²) < 4.78 is 1.71. The van der Waals surface area contributed by atoms with Gasteiger partial charge in [-0.05, 0) is 18.2 Å². The Kier molecular flexibility index (Phi) is 3.76. The maximum atomic E-state index is 11.2. The van der Waals surface area contributed by atoms with Gasteiger partial charge in [0.2, 0.25) is 0 Å². The zero-order valence-corrected chi connectivity index (χ0v) is 11.4. The summed E-state index contributed by atoms with van der Waals surface area (Å²) in [5, 5.41) is 13.8. The van der Waals surface area contributed by atoms with Gasteiger partial charge in [0, 0.05) is 37.4 Å². The van der Waals surface area contributed by atoms with E-state index in [-0.39, 0.29) is 5.56 Å². The lowest BCUT2D eigenvalue weighted by atomic mass is 10.1. The van der Waals surface area contributed by atoms with E-state index in [0.717, 1.165) is 5.56 Å². The van der Waals surface area contributed by atoms with Gasteiger partial charge in [-0.15, -0.1) is 0 Å². The van der Waals surface area contributed by atoms with Crippen molar-refractivity contribution in [1.82, 2.24) is 9.78 Å². The molecule has 6 heteroatoms. The van der Waals surface area contributed by atoms with Gasteiger partial charge in [-0.3, -0.25) is 4.68 Å². The van der Waals surface area contributed by atoms with Crippen molar-refractivity contribution in [1.29, 1.82) is 0 Å². The standard InChI is InChI=1S/C13H14ClN3O2/c1-16(7-9-6-15-17(2)8-9)12-5-10(14)3-4-11(12)13(18)19/h3-6,8H,7H2,1-2H3,(H,18,19). The minimum atomic E-state index is -0.968. The SMILES string of the molecule is CN(Cc1cnn(C)c1)c1cc(Cl)ccc1C(=O)O. The molecule has 0 fully saturated rings. The highest BCUT2D eigenvalue weighted by Gasteiger charge is 2.14. The lowest BCUT2D eigenvalue weighted by Crippen LogP contribution is -2.19. The number of halogens is 1. The lowest BCUT2D eigenvalue weighted by molar-refractivity contribution is 0.0697. The summed E-state index contributed by atoms with van der Waals surface area (Å²) in [6, 6.07) is 4.74. The molecule has 19 heavy (non-hydrogen) atoms. The molecule has 1 aromatic heterocycles. The Labute approximate surface area is 116 Å². The predicted molar refractivity (Wildman–Crippen MR) is 73.7 cm³/mol. The highest BCUT2D eigenvalue weighted by molar-refractivity contribution is 6.31. The smallest absolute Gasteiger partial charge is 0.337 e. The summed E-state index contributed by atoms with van der Waals surface area (Å²) in [4.78, 5) is 13.0. The molecule has 5 nitrogen and oxygen atoms in total. The predicted octanol–water partition coefficient (Wildman–Crippen LogP) is 2.41. The Bertz CT molecular complexity index is 610. The van der Waals surface area contributed by atoms with Gasteiger partial charge in [0.1, 0.15) is 0 Å². The monoisotopic (exact) mass is 279 g/mol. The number of carbonyl (C=O) groups is 1. The van der Waals surface area contributed by atoms with Crippen LogP contribution >= 0.6 is 11.6 Å². The molecular weight excluding hydrogens is 266 g/mol. The van der Waals surface area contributed by atoms with Crippen molar-refractivity contribution in [2.75, 3.05) is 11.9 Å². The Morgan fingerprint density at radius 1 is 1.53 bits per heavy atom. The van der Waals surface area contributed by atoms with Gasteiger partial charge in [-0.1, -0.05) is 11.6 Å². The highest BCUT2D eigenvalue weighted by Crippen LogP contribution is 2.25. The van der Waals surface area contributed by atoms with Gasteiger partial charge in [-0.25, -0.2) is 4.79 Å². The Hall–Kier alpha value is -2.01. The molecule has 2 aromatic rings. The topological polar surface area (TPSA) is 58.4 Å². The molecule has 0 spiro atoms. The number of hydrogen-bond acceptors (Lipinski definition) is 3. The number of aromatic nitrogens is 2. The first kappa shape index (κ1) is 13.4. The molecule has 100 valence electrons. The summed E-state index contributed by atoms with van der Waals surface area (Å²) in [5.74, 6) is -0.968. The zero-order chi connectivity index (χ0) is 14.0. The van der Waals surface area contributed by atoms with Crippen LogP contribution in [0, 0.1) is 0 Å². The van der Waals surface area contributed by atoms with Crippen LogP contribution in [0.5, 0.6) is 0 Å². The van der Waals surface area contributed by atoms with Crippen molar-refractivity contribution in [3.05, 3.63) is 46.7 Å². The number of aryl methyl sites for hydroxylation is 1. The second-order valence-corrected chi connectivity index (χ2v) is 4.78. The van der Waals surface area contributed by atoms with Gasteiger partial charge >= 0.3 is 5.97 Å². The average Bonchev–Trinajstić information content (AvgIpc) is 2.74. The molecular formula is C13H14ClN3O2. The highest BCUT2D eigenvalue weighted by atomic mass is 35.5.